The van der Waals surface area contributed by atoms with E-state index < -0.39 is 17.9 Å². The predicted octanol–water partition coefficient (Wildman–Crippen LogP) is 1.45. The topological polar surface area (TPSA) is 81.1 Å². The van der Waals surface area contributed by atoms with E-state index >= 15 is 0 Å². The molecule has 3 aromatic rings. The number of fused-ring (bicyclic) bond motifs is 2. The van der Waals surface area contributed by atoms with Crippen LogP contribution in [0.15, 0.2) is 59.4 Å². The van der Waals surface area contributed by atoms with Gasteiger partial charge < -0.3 is 0 Å². The molecule has 1 aliphatic heterocycles. The summed E-state index contributed by atoms with van der Waals surface area (Å²) in [4.78, 5) is 41.6. The minimum absolute atomic E-state index is 0.0285. The molecule has 0 bridgehead atoms. The minimum Gasteiger partial charge on any atom is -0.288 e. The van der Waals surface area contributed by atoms with E-state index in [4.69, 9.17) is 0 Å². The molecule has 0 unspecified atom stereocenters. The van der Waals surface area contributed by atoms with Gasteiger partial charge in [-0.25, -0.2) is 4.98 Å². The Bertz CT molecular complexity index is 1020. The summed E-state index contributed by atoms with van der Waals surface area (Å²) < 4.78 is 1.22. The number of rotatable bonds is 2. The van der Waals surface area contributed by atoms with Crippen LogP contribution in [0.25, 0.3) is 10.9 Å². The number of nitrogens with zero attached hydrogens (tertiary/aromatic N) is 2. The molecule has 6 nitrogen and oxygen atoms in total. The SMILES string of the molecule is O=C1NC(=O)[C@H](Cc2ccccc2)n2c1nc1ccccc1c2=O. The Morgan fingerprint density at radius 3 is 2.46 bits per heavy atom. The van der Waals surface area contributed by atoms with E-state index in [0.717, 1.165) is 5.56 Å². The van der Waals surface area contributed by atoms with Gasteiger partial charge in [-0.15, -0.1) is 0 Å². The van der Waals surface area contributed by atoms with Gasteiger partial charge in [-0.3, -0.25) is 24.3 Å². The highest BCUT2D eigenvalue weighted by Gasteiger charge is 2.34. The van der Waals surface area contributed by atoms with Crippen molar-refractivity contribution >= 4 is 22.7 Å². The van der Waals surface area contributed by atoms with E-state index in [-0.39, 0.29) is 11.4 Å². The third kappa shape index (κ3) is 2.20. The summed E-state index contributed by atoms with van der Waals surface area (Å²) in [6.45, 7) is 0. The van der Waals surface area contributed by atoms with Gasteiger partial charge in [0.1, 0.15) is 6.04 Å². The fourth-order valence-electron chi connectivity index (χ4n) is 2.98. The predicted molar refractivity (Wildman–Crippen MR) is 87.7 cm³/mol. The highest BCUT2D eigenvalue weighted by atomic mass is 16.2. The average molecular weight is 319 g/mol. The number of benzene rings is 2. The Morgan fingerprint density at radius 1 is 0.958 bits per heavy atom. The molecule has 0 spiro atoms. The molecule has 118 valence electrons. The lowest BCUT2D eigenvalue weighted by Gasteiger charge is -2.26. The number of hydrogen-bond acceptors (Lipinski definition) is 4. The Hall–Kier alpha value is -3.28. The fourth-order valence-corrected chi connectivity index (χ4v) is 2.98. The molecule has 2 amide bonds. The largest absolute Gasteiger partial charge is 0.294 e. The Balaban J connectivity index is 1.93. The van der Waals surface area contributed by atoms with Crippen LogP contribution in [0.1, 0.15) is 22.2 Å². The van der Waals surface area contributed by atoms with Crippen LogP contribution in [-0.2, 0) is 11.2 Å². The first-order valence-corrected chi connectivity index (χ1v) is 7.55. The minimum atomic E-state index is -0.801. The third-order valence-corrected chi connectivity index (χ3v) is 4.13. The normalized spacial score (nSPS) is 16.8. The van der Waals surface area contributed by atoms with Crippen LogP contribution in [0.4, 0.5) is 0 Å². The van der Waals surface area contributed by atoms with Gasteiger partial charge in [-0.2, -0.15) is 0 Å². The number of aromatic nitrogens is 2. The summed E-state index contributed by atoms with van der Waals surface area (Å²) in [5.41, 5.74) is 0.967. The van der Waals surface area contributed by atoms with Crippen LogP contribution in [-0.4, -0.2) is 21.4 Å². The smallest absolute Gasteiger partial charge is 0.288 e. The number of imide groups is 1. The molecule has 6 heteroatoms. The Labute approximate surface area is 136 Å². The van der Waals surface area contributed by atoms with Crippen LogP contribution < -0.4 is 10.9 Å². The summed E-state index contributed by atoms with van der Waals surface area (Å²) >= 11 is 0. The number of para-hydroxylation sites is 1. The van der Waals surface area contributed by atoms with Gasteiger partial charge >= 0.3 is 0 Å². The molecule has 24 heavy (non-hydrogen) atoms. The average Bonchev–Trinajstić information content (AvgIpc) is 2.60. The first kappa shape index (κ1) is 14.3. The quantitative estimate of drug-likeness (QED) is 0.725. The van der Waals surface area contributed by atoms with Gasteiger partial charge in [-0.05, 0) is 17.7 Å². The monoisotopic (exact) mass is 319 g/mol. The van der Waals surface area contributed by atoms with Crippen molar-refractivity contribution < 1.29 is 9.59 Å². The van der Waals surface area contributed by atoms with Crippen molar-refractivity contribution in [1.29, 1.82) is 0 Å². The summed E-state index contributed by atoms with van der Waals surface area (Å²) in [5, 5.41) is 2.69. The zero-order valence-corrected chi connectivity index (χ0v) is 12.6. The molecule has 2 heterocycles. The molecule has 2 aromatic carbocycles. The molecule has 0 saturated heterocycles. The molecule has 4 rings (SSSR count). The Kier molecular flexibility index (Phi) is 3.23. The number of carbonyl (C=O) groups excluding carboxylic acids is 2. The highest BCUT2D eigenvalue weighted by molar-refractivity contribution is 6.07. The summed E-state index contributed by atoms with van der Waals surface area (Å²) in [5.74, 6) is -1.16. The number of carbonyl (C=O) groups is 2. The first-order chi connectivity index (χ1) is 11.6. The van der Waals surface area contributed by atoms with Gasteiger partial charge in [0, 0.05) is 6.42 Å². The maximum absolute atomic E-state index is 12.9. The molecule has 1 aliphatic rings. The van der Waals surface area contributed by atoms with E-state index in [1.807, 2.05) is 30.3 Å². The third-order valence-electron chi connectivity index (χ3n) is 4.13. The van der Waals surface area contributed by atoms with Crippen molar-refractivity contribution in [2.24, 2.45) is 0 Å². The molecule has 0 radical (unpaired) electrons. The van der Waals surface area contributed by atoms with Crippen LogP contribution in [0, 0.1) is 0 Å². The molecular formula is C18H13N3O3. The molecule has 1 N–H and O–H groups in total. The zero-order valence-electron chi connectivity index (χ0n) is 12.6. The second-order valence-corrected chi connectivity index (χ2v) is 5.65. The molecule has 0 saturated carbocycles. The molecule has 1 atom stereocenters. The standard InChI is InChI=1S/C18H13N3O3/c22-16-14(10-11-6-2-1-3-7-11)21-15(17(23)20-16)19-13-9-5-4-8-12(13)18(21)24/h1-9,14H,10H2,(H,20,22,23)/t14-/m0/s1. The van der Waals surface area contributed by atoms with Crippen molar-refractivity contribution in [2.45, 2.75) is 12.5 Å². The van der Waals surface area contributed by atoms with Crippen LogP contribution in [0.3, 0.4) is 0 Å². The van der Waals surface area contributed by atoms with E-state index in [9.17, 15) is 14.4 Å². The first-order valence-electron chi connectivity index (χ1n) is 7.55. The highest BCUT2D eigenvalue weighted by Crippen LogP contribution is 2.20. The Morgan fingerprint density at radius 2 is 1.67 bits per heavy atom. The fraction of sp³-hybridized carbons (Fsp3) is 0.111. The van der Waals surface area contributed by atoms with Crippen molar-refractivity contribution in [2.75, 3.05) is 0 Å². The lowest BCUT2D eigenvalue weighted by Crippen LogP contribution is -2.50. The van der Waals surface area contributed by atoms with Gasteiger partial charge in [0.2, 0.25) is 5.82 Å². The van der Waals surface area contributed by atoms with Gasteiger partial charge in [0.25, 0.3) is 17.4 Å². The van der Waals surface area contributed by atoms with Crippen molar-refractivity contribution in [1.82, 2.24) is 14.9 Å². The van der Waals surface area contributed by atoms with Crippen molar-refractivity contribution in [3.63, 3.8) is 0 Å². The second kappa shape index (κ2) is 5.42. The lowest BCUT2D eigenvalue weighted by atomic mass is 10.0. The summed E-state index contributed by atoms with van der Waals surface area (Å²) in [6, 6.07) is 15.4. The van der Waals surface area contributed by atoms with Gasteiger partial charge in [0.15, 0.2) is 0 Å². The van der Waals surface area contributed by atoms with E-state index in [1.165, 1.54) is 4.57 Å². The van der Waals surface area contributed by atoms with Gasteiger partial charge in [-0.1, -0.05) is 42.5 Å². The summed E-state index contributed by atoms with van der Waals surface area (Å²) in [7, 11) is 0. The number of hydrogen-bond donors (Lipinski definition) is 1. The molecule has 0 aliphatic carbocycles. The second-order valence-electron chi connectivity index (χ2n) is 5.65. The van der Waals surface area contributed by atoms with E-state index in [2.05, 4.69) is 10.3 Å². The maximum Gasteiger partial charge on any atom is 0.294 e. The molecule has 0 fully saturated rings. The van der Waals surface area contributed by atoms with Crippen LogP contribution >= 0.6 is 0 Å². The molecular weight excluding hydrogens is 306 g/mol. The van der Waals surface area contributed by atoms with Crippen LogP contribution in [0.5, 0.6) is 0 Å². The molecule has 1 aromatic heterocycles. The van der Waals surface area contributed by atoms with Crippen molar-refractivity contribution in [3.05, 3.63) is 76.3 Å². The number of amides is 2. The number of nitrogens with one attached hydrogen (secondary N) is 1. The van der Waals surface area contributed by atoms with E-state index in [1.54, 1.807) is 24.3 Å². The van der Waals surface area contributed by atoms with Gasteiger partial charge in [0.05, 0.1) is 10.9 Å². The zero-order chi connectivity index (χ0) is 16.7. The lowest BCUT2D eigenvalue weighted by molar-refractivity contribution is -0.124. The van der Waals surface area contributed by atoms with E-state index in [0.29, 0.717) is 17.3 Å². The maximum atomic E-state index is 12.9. The summed E-state index contributed by atoms with van der Waals surface area (Å²) in [6.07, 6.45) is 0.312. The van der Waals surface area contributed by atoms with Crippen molar-refractivity contribution in [3.8, 4) is 0 Å². The van der Waals surface area contributed by atoms with Crippen LogP contribution in [0.2, 0.25) is 0 Å².